The van der Waals surface area contributed by atoms with E-state index in [4.69, 9.17) is 0 Å². The van der Waals surface area contributed by atoms with E-state index in [-0.39, 0.29) is 11.4 Å². The Labute approximate surface area is 160 Å². The molecule has 6 nitrogen and oxygen atoms in total. The average molecular weight is 407 g/mol. The minimum atomic E-state index is -3.66. The number of thiophene rings is 1. The Hall–Kier alpha value is -2.10. The maximum atomic E-state index is 13.0. The van der Waals surface area contributed by atoms with Crippen molar-refractivity contribution in [1.82, 2.24) is 14.7 Å². The summed E-state index contributed by atoms with van der Waals surface area (Å²) in [6, 6.07) is 4.75. The molecule has 1 aromatic carbocycles. The van der Waals surface area contributed by atoms with Crippen molar-refractivity contribution >= 4 is 37.4 Å². The molecule has 1 aliphatic carbocycles. The first kappa shape index (κ1) is 18.3. The number of halogens is 1. The second-order valence-electron chi connectivity index (χ2n) is 6.39. The SMILES string of the molecule is O=S(=O)(NCCNc1ncnc2sc3c(c12)CCCC3)c1ccc(F)cc1. The Bertz CT molecular complexity index is 1060. The van der Waals surface area contributed by atoms with Gasteiger partial charge in [0.1, 0.15) is 22.8 Å². The first-order valence-electron chi connectivity index (χ1n) is 8.79. The molecule has 4 rings (SSSR count). The predicted molar refractivity (Wildman–Crippen MR) is 104 cm³/mol. The highest BCUT2D eigenvalue weighted by Gasteiger charge is 2.20. The van der Waals surface area contributed by atoms with Gasteiger partial charge in [0.2, 0.25) is 10.0 Å². The molecule has 0 saturated heterocycles. The zero-order valence-electron chi connectivity index (χ0n) is 14.5. The van der Waals surface area contributed by atoms with Crippen LogP contribution < -0.4 is 10.0 Å². The summed E-state index contributed by atoms with van der Waals surface area (Å²) in [5, 5.41) is 4.29. The molecule has 27 heavy (non-hydrogen) atoms. The Morgan fingerprint density at radius 2 is 1.85 bits per heavy atom. The molecule has 0 atom stereocenters. The maximum absolute atomic E-state index is 13.0. The second-order valence-corrected chi connectivity index (χ2v) is 9.24. The Kier molecular flexibility index (Phi) is 5.07. The number of anilines is 1. The molecule has 2 aromatic heterocycles. The molecule has 9 heteroatoms. The van der Waals surface area contributed by atoms with E-state index in [1.54, 1.807) is 11.3 Å². The number of nitrogens with one attached hydrogen (secondary N) is 2. The third kappa shape index (κ3) is 3.80. The summed E-state index contributed by atoms with van der Waals surface area (Å²) < 4.78 is 39.9. The number of hydrogen-bond acceptors (Lipinski definition) is 6. The van der Waals surface area contributed by atoms with Gasteiger partial charge >= 0.3 is 0 Å². The standard InChI is InChI=1S/C18H19FN4O2S2/c19-12-5-7-13(8-6-12)27(24,25)23-10-9-20-17-16-14-3-1-2-4-15(14)26-18(16)22-11-21-17/h5-8,11,23H,1-4,9-10H2,(H,20,21,22). The number of fused-ring (bicyclic) bond motifs is 3. The van der Waals surface area contributed by atoms with E-state index in [1.165, 1.54) is 41.7 Å². The molecular weight excluding hydrogens is 387 g/mol. The number of sulfonamides is 1. The van der Waals surface area contributed by atoms with Gasteiger partial charge in [0.25, 0.3) is 0 Å². The molecule has 2 heterocycles. The summed E-state index contributed by atoms with van der Waals surface area (Å²) in [5.74, 6) is 0.280. The zero-order chi connectivity index (χ0) is 18.9. The lowest BCUT2D eigenvalue weighted by atomic mass is 9.97. The van der Waals surface area contributed by atoms with Crippen LogP contribution in [0.25, 0.3) is 10.2 Å². The van der Waals surface area contributed by atoms with E-state index < -0.39 is 15.8 Å². The Balaban J connectivity index is 1.44. The molecular formula is C18H19FN4O2S2. The van der Waals surface area contributed by atoms with Crippen LogP contribution in [0.3, 0.4) is 0 Å². The molecule has 0 fully saturated rings. The van der Waals surface area contributed by atoms with E-state index in [1.807, 2.05) is 0 Å². The van der Waals surface area contributed by atoms with Crippen LogP contribution in [0.2, 0.25) is 0 Å². The average Bonchev–Trinajstić information content (AvgIpc) is 3.05. The van der Waals surface area contributed by atoms with Crippen molar-refractivity contribution in [3.8, 4) is 0 Å². The monoisotopic (exact) mass is 406 g/mol. The minimum absolute atomic E-state index is 0.0419. The number of benzene rings is 1. The molecule has 0 saturated carbocycles. The van der Waals surface area contributed by atoms with E-state index in [0.29, 0.717) is 6.54 Å². The number of nitrogens with zero attached hydrogens (tertiary/aromatic N) is 2. The molecule has 2 N–H and O–H groups in total. The van der Waals surface area contributed by atoms with Crippen LogP contribution in [0, 0.1) is 5.82 Å². The highest BCUT2D eigenvalue weighted by atomic mass is 32.2. The van der Waals surface area contributed by atoms with Gasteiger partial charge in [-0.3, -0.25) is 0 Å². The van der Waals surface area contributed by atoms with Gasteiger partial charge in [0.05, 0.1) is 10.3 Å². The van der Waals surface area contributed by atoms with Crippen molar-refractivity contribution in [2.75, 3.05) is 18.4 Å². The van der Waals surface area contributed by atoms with Crippen molar-refractivity contribution in [2.45, 2.75) is 30.6 Å². The second kappa shape index (κ2) is 7.49. The lowest BCUT2D eigenvalue weighted by molar-refractivity contribution is 0.582. The van der Waals surface area contributed by atoms with E-state index in [9.17, 15) is 12.8 Å². The fourth-order valence-corrected chi connectivity index (χ4v) is 5.55. The quantitative estimate of drug-likeness (QED) is 0.615. The van der Waals surface area contributed by atoms with Gasteiger partial charge in [0, 0.05) is 18.0 Å². The van der Waals surface area contributed by atoms with Crippen LogP contribution in [0.1, 0.15) is 23.3 Å². The summed E-state index contributed by atoms with van der Waals surface area (Å²) in [6.45, 7) is 0.578. The fraction of sp³-hybridized carbons (Fsp3) is 0.333. The van der Waals surface area contributed by atoms with Crippen molar-refractivity contribution in [3.63, 3.8) is 0 Å². The molecule has 3 aromatic rings. The highest BCUT2D eigenvalue weighted by Crippen LogP contribution is 2.37. The summed E-state index contributed by atoms with van der Waals surface area (Å²) in [6.07, 6.45) is 6.04. The van der Waals surface area contributed by atoms with Crippen LogP contribution in [0.4, 0.5) is 10.2 Å². The lowest BCUT2D eigenvalue weighted by Gasteiger charge is -2.12. The fourth-order valence-electron chi connectivity index (χ4n) is 3.29. The number of hydrogen-bond donors (Lipinski definition) is 2. The molecule has 0 spiro atoms. The summed E-state index contributed by atoms with van der Waals surface area (Å²) in [4.78, 5) is 11.1. The van der Waals surface area contributed by atoms with Crippen molar-refractivity contribution in [3.05, 3.63) is 46.9 Å². The van der Waals surface area contributed by atoms with Gasteiger partial charge in [-0.25, -0.2) is 27.5 Å². The smallest absolute Gasteiger partial charge is 0.240 e. The Morgan fingerprint density at radius 3 is 2.67 bits per heavy atom. The highest BCUT2D eigenvalue weighted by molar-refractivity contribution is 7.89. The third-order valence-corrected chi connectivity index (χ3v) is 7.26. The van der Waals surface area contributed by atoms with Gasteiger partial charge in [-0.15, -0.1) is 11.3 Å². The molecule has 1 aliphatic rings. The third-order valence-electron chi connectivity index (χ3n) is 4.58. The molecule has 142 valence electrons. The lowest BCUT2D eigenvalue weighted by Crippen LogP contribution is -2.29. The molecule has 0 unspecified atom stereocenters. The van der Waals surface area contributed by atoms with E-state index in [2.05, 4.69) is 20.0 Å². The van der Waals surface area contributed by atoms with Gasteiger partial charge in [-0.2, -0.15) is 0 Å². The van der Waals surface area contributed by atoms with Crippen LogP contribution in [0.15, 0.2) is 35.5 Å². The van der Waals surface area contributed by atoms with Crippen molar-refractivity contribution in [2.24, 2.45) is 0 Å². The first-order chi connectivity index (χ1) is 13.0. The maximum Gasteiger partial charge on any atom is 0.240 e. The van der Waals surface area contributed by atoms with Crippen LogP contribution in [0.5, 0.6) is 0 Å². The van der Waals surface area contributed by atoms with Crippen LogP contribution in [-0.2, 0) is 22.9 Å². The topological polar surface area (TPSA) is 84.0 Å². The molecule has 0 radical (unpaired) electrons. The molecule has 0 amide bonds. The summed E-state index contributed by atoms with van der Waals surface area (Å²) in [5.41, 5.74) is 1.33. The van der Waals surface area contributed by atoms with Gasteiger partial charge in [0.15, 0.2) is 0 Å². The van der Waals surface area contributed by atoms with Crippen LogP contribution in [-0.4, -0.2) is 31.5 Å². The van der Waals surface area contributed by atoms with Gasteiger partial charge in [-0.1, -0.05) is 0 Å². The number of rotatable bonds is 6. The minimum Gasteiger partial charge on any atom is -0.368 e. The van der Waals surface area contributed by atoms with Crippen LogP contribution >= 0.6 is 11.3 Å². The van der Waals surface area contributed by atoms with Gasteiger partial charge < -0.3 is 5.32 Å². The summed E-state index contributed by atoms with van der Waals surface area (Å²) >= 11 is 1.72. The zero-order valence-corrected chi connectivity index (χ0v) is 16.2. The predicted octanol–water partition coefficient (Wildman–Crippen LogP) is 3.10. The van der Waals surface area contributed by atoms with Crippen molar-refractivity contribution in [1.29, 1.82) is 0 Å². The Morgan fingerprint density at radius 1 is 1.07 bits per heavy atom. The molecule has 0 bridgehead atoms. The van der Waals surface area contributed by atoms with E-state index in [0.717, 1.165) is 41.0 Å². The molecule has 0 aliphatic heterocycles. The van der Waals surface area contributed by atoms with E-state index >= 15 is 0 Å². The summed E-state index contributed by atoms with van der Waals surface area (Å²) in [7, 11) is -3.66. The number of aromatic nitrogens is 2. The normalized spacial score (nSPS) is 14.3. The first-order valence-corrected chi connectivity index (χ1v) is 11.1. The largest absolute Gasteiger partial charge is 0.368 e. The number of aryl methyl sites for hydroxylation is 2. The van der Waals surface area contributed by atoms with Crippen molar-refractivity contribution < 1.29 is 12.8 Å². The van der Waals surface area contributed by atoms with Gasteiger partial charge in [-0.05, 0) is 55.5 Å².